The van der Waals surface area contributed by atoms with E-state index in [0.29, 0.717) is 36.8 Å². The molecular weight excluding hydrogens is 1100 g/mol. The number of carbonyl (C=O) groups is 10. The first-order valence-corrected chi connectivity index (χ1v) is 30.8. The van der Waals surface area contributed by atoms with Crippen LogP contribution in [0.25, 0.3) is 0 Å². The van der Waals surface area contributed by atoms with Crippen LogP contribution in [0.3, 0.4) is 0 Å². The zero-order chi connectivity index (χ0) is 63.1. The molecule has 10 atom stereocenters. The van der Waals surface area contributed by atoms with Crippen LogP contribution in [-0.2, 0) is 60.8 Å². The van der Waals surface area contributed by atoms with Crippen molar-refractivity contribution in [3.63, 3.8) is 0 Å². The second-order valence-electron chi connectivity index (χ2n) is 25.5. The van der Waals surface area contributed by atoms with Gasteiger partial charge in [0, 0.05) is 25.9 Å². The van der Waals surface area contributed by atoms with E-state index >= 15 is 0 Å². The molecule has 3 aliphatic heterocycles. The van der Waals surface area contributed by atoms with Crippen molar-refractivity contribution < 1.29 is 47.9 Å². The standard InChI is InChI=1S/C62H98N14O10/c1-61(2,3)37-47-55(81)67-41(23-13-29-63)51(77)71-45(35-39-19-9-7-10-20-39)59(85)76-34-18-28-50(76)58(84)70-44(26-16-32-66)54(80)74-48(38-62(4,5)6)56(82)68-42(24-14-30-64)52(78)72-46(36-40-21-11-8-12-22-40)60(86)75-33-17-27-49(75)57(83)69-43(25-15-31-65)53(79)73-47/h7-12,19-22,41-50H,13-18,23-38,63-66H2,1-6H3,(H,67,81)(H,68,82)(H,69,83)(H,70,84)(H,71,77)(H,72,78)(H,73,79)(H,74,80)/t41-,42-,43-,44-,45+,46+,47-,48-,49-,50-/m0/s1. The Morgan fingerprint density at radius 2 is 0.628 bits per heavy atom. The van der Waals surface area contributed by atoms with E-state index in [4.69, 9.17) is 22.9 Å². The van der Waals surface area contributed by atoms with Crippen molar-refractivity contribution in [3.05, 3.63) is 71.8 Å². The Bertz CT molecular complexity index is 2420. The van der Waals surface area contributed by atoms with E-state index in [1.54, 1.807) is 60.7 Å². The quantitative estimate of drug-likeness (QED) is 0.0948. The minimum atomic E-state index is -1.26. The van der Waals surface area contributed by atoms with Gasteiger partial charge in [-0.1, -0.05) is 102 Å². The van der Waals surface area contributed by atoms with Gasteiger partial charge in [-0.05, 0) is 138 Å². The summed E-state index contributed by atoms with van der Waals surface area (Å²) in [5.74, 6) is -6.71. The summed E-state index contributed by atoms with van der Waals surface area (Å²) in [6.45, 7) is 12.1. The van der Waals surface area contributed by atoms with E-state index < -0.39 is 130 Å². The molecule has 0 radical (unpaired) electrons. The summed E-state index contributed by atoms with van der Waals surface area (Å²) in [6, 6.07) is 5.79. The lowest BCUT2D eigenvalue weighted by Crippen LogP contribution is -2.61. The van der Waals surface area contributed by atoms with Crippen molar-refractivity contribution in [1.29, 1.82) is 0 Å². The van der Waals surface area contributed by atoms with Crippen LogP contribution in [0, 0.1) is 10.8 Å². The Labute approximate surface area is 507 Å². The van der Waals surface area contributed by atoms with E-state index in [1.165, 1.54) is 9.80 Å². The van der Waals surface area contributed by atoms with Gasteiger partial charge in [0.05, 0.1) is 0 Å². The predicted octanol–water partition coefficient (Wildman–Crippen LogP) is 0.174. The number of rotatable bonds is 18. The van der Waals surface area contributed by atoms with E-state index in [0.717, 1.165) is 0 Å². The van der Waals surface area contributed by atoms with Gasteiger partial charge in [0.25, 0.3) is 0 Å². The number of amides is 10. The molecule has 24 nitrogen and oxygen atoms in total. The summed E-state index contributed by atoms with van der Waals surface area (Å²) in [6.07, 6.45) is 2.81. The lowest BCUT2D eigenvalue weighted by molar-refractivity contribution is -0.143. The van der Waals surface area contributed by atoms with Gasteiger partial charge in [0.2, 0.25) is 59.1 Å². The average Bonchev–Trinajstić information content (AvgIpc) is 3.75. The van der Waals surface area contributed by atoms with Crippen LogP contribution in [-0.4, -0.2) is 169 Å². The van der Waals surface area contributed by atoms with Gasteiger partial charge in [-0.2, -0.15) is 0 Å². The van der Waals surface area contributed by atoms with E-state index in [-0.39, 0.29) is 116 Å². The molecule has 476 valence electrons. The molecular formula is C62H98N14O10. The minimum Gasteiger partial charge on any atom is -0.343 e. The molecule has 3 heterocycles. The first-order chi connectivity index (χ1) is 40.9. The van der Waals surface area contributed by atoms with Gasteiger partial charge in [0.1, 0.15) is 60.4 Å². The van der Waals surface area contributed by atoms with Crippen molar-refractivity contribution in [2.75, 3.05) is 39.3 Å². The smallest absolute Gasteiger partial charge is 0.246 e. The lowest BCUT2D eigenvalue weighted by Gasteiger charge is -2.33. The molecule has 24 heteroatoms. The third-order valence-corrected chi connectivity index (χ3v) is 15.7. The molecule has 2 aromatic rings. The average molecular weight is 1200 g/mol. The van der Waals surface area contributed by atoms with Crippen LogP contribution < -0.4 is 65.5 Å². The second kappa shape index (κ2) is 33.8. The summed E-state index contributed by atoms with van der Waals surface area (Å²) in [7, 11) is 0. The number of carbonyl (C=O) groups excluding carboxylic acids is 10. The molecule has 3 aliphatic rings. The fourth-order valence-electron chi connectivity index (χ4n) is 11.3. The maximum atomic E-state index is 15.0. The highest BCUT2D eigenvalue weighted by atomic mass is 16.2. The number of nitrogens with two attached hydrogens (primary N) is 4. The number of nitrogens with zero attached hydrogens (tertiary/aromatic N) is 2. The molecule has 0 unspecified atom stereocenters. The fraction of sp³-hybridized carbons (Fsp3) is 0.645. The van der Waals surface area contributed by atoms with Crippen molar-refractivity contribution in [2.45, 2.75) is 205 Å². The van der Waals surface area contributed by atoms with Gasteiger partial charge >= 0.3 is 0 Å². The SMILES string of the molecule is CC(C)(C)C[C@@H]1NC(=O)[C@H](CCCN)NC(=O)[C@@H]2CCCN2C(=O)[C@@H](Cc2ccccc2)NC(=O)[C@H](CCCN)NC(=O)[C@H](CC(C)(C)C)NC(=O)[C@H](CCCN)NC(=O)[C@@H]2CCCN2C(=O)[C@@H](Cc2ccccc2)NC(=O)[C@H](CCCN)NC1=O. The molecule has 5 rings (SSSR count). The predicted molar refractivity (Wildman–Crippen MR) is 327 cm³/mol. The molecule has 0 spiro atoms. The van der Waals surface area contributed by atoms with E-state index in [2.05, 4.69) is 42.5 Å². The summed E-state index contributed by atoms with van der Waals surface area (Å²) in [4.78, 5) is 150. The van der Waals surface area contributed by atoms with Crippen LogP contribution in [0.5, 0.6) is 0 Å². The molecule has 0 aliphatic carbocycles. The molecule has 0 bridgehead atoms. The van der Waals surface area contributed by atoms with Crippen LogP contribution in [0.1, 0.15) is 143 Å². The topological polar surface area (TPSA) is 377 Å². The Balaban J connectivity index is 1.62. The van der Waals surface area contributed by atoms with Gasteiger partial charge < -0.3 is 75.3 Å². The molecule has 3 fully saturated rings. The third kappa shape index (κ3) is 21.7. The highest BCUT2D eigenvalue weighted by molar-refractivity contribution is 6.00. The van der Waals surface area contributed by atoms with Gasteiger partial charge in [-0.3, -0.25) is 47.9 Å². The maximum Gasteiger partial charge on any atom is 0.246 e. The zero-order valence-corrected chi connectivity index (χ0v) is 51.4. The molecule has 0 saturated carbocycles. The van der Waals surface area contributed by atoms with Crippen LogP contribution in [0.4, 0.5) is 0 Å². The second-order valence-corrected chi connectivity index (χ2v) is 25.5. The molecule has 86 heavy (non-hydrogen) atoms. The normalized spacial score (nSPS) is 26.0. The fourth-order valence-corrected chi connectivity index (χ4v) is 11.3. The zero-order valence-electron chi connectivity index (χ0n) is 51.4. The molecule has 0 aromatic heterocycles. The Hall–Kier alpha value is -7.02. The highest BCUT2D eigenvalue weighted by Gasteiger charge is 2.43. The molecule has 3 saturated heterocycles. The van der Waals surface area contributed by atoms with Crippen molar-refractivity contribution in [3.8, 4) is 0 Å². The van der Waals surface area contributed by atoms with Gasteiger partial charge in [-0.15, -0.1) is 0 Å². The highest BCUT2D eigenvalue weighted by Crippen LogP contribution is 2.26. The number of hydrogen-bond acceptors (Lipinski definition) is 14. The number of nitrogens with one attached hydrogen (secondary N) is 8. The van der Waals surface area contributed by atoms with Crippen molar-refractivity contribution in [2.24, 2.45) is 33.8 Å². The van der Waals surface area contributed by atoms with Gasteiger partial charge in [-0.25, -0.2) is 0 Å². The number of hydrogen-bond donors (Lipinski definition) is 12. The Morgan fingerprint density at radius 1 is 0.372 bits per heavy atom. The van der Waals surface area contributed by atoms with Crippen LogP contribution in [0.15, 0.2) is 60.7 Å². The van der Waals surface area contributed by atoms with Crippen molar-refractivity contribution >= 4 is 59.1 Å². The first-order valence-electron chi connectivity index (χ1n) is 30.8. The number of benzene rings is 2. The largest absolute Gasteiger partial charge is 0.343 e. The van der Waals surface area contributed by atoms with Crippen LogP contribution >= 0.6 is 0 Å². The number of fused-ring (bicyclic) bond motifs is 2. The third-order valence-electron chi connectivity index (χ3n) is 15.7. The summed E-state index contributed by atoms with van der Waals surface area (Å²) < 4.78 is 0. The van der Waals surface area contributed by atoms with Crippen molar-refractivity contribution in [1.82, 2.24) is 52.3 Å². The lowest BCUT2D eigenvalue weighted by atomic mass is 9.87. The monoisotopic (exact) mass is 1200 g/mol. The molecule has 2 aromatic carbocycles. The Morgan fingerprint density at radius 3 is 0.907 bits per heavy atom. The maximum absolute atomic E-state index is 15.0. The van der Waals surface area contributed by atoms with E-state index in [1.807, 2.05) is 41.5 Å². The van der Waals surface area contributed by atoms with E-state index in [9.17, 15) is 47.9 Å². The first kappa shape index (κ1) is 69.7. The van der Waals surface area contributed by atoms with Crippen LogP contribution in [0.2, 0.25) is 0 Å². The molecule has 16 N–H and O–H groups in total. The summed E-state index contributed by atoms with van der Waals surface area (Å²) in [5, 5.41) is 22.9. The molecule has 10 amide bonds. The van der Waals surface area contributed by atoms with Gasteiger partial charge in [0.15, 0.2) is 0 Å². The summed E-state index contributed by atoms with van der Waals surface area (Å²) in [5.41, 5.74) is 24.1. The minimum absolute atomic E-state index is 0.000961. The Kier molecular flexibility index (Phi) is 27.4. The summed E-state index contributed by atoms with van der Waals surface area (Å²) >= 11 is 0.